The van der Waals surface area contributed by atoms with Crippen molar-refractivity contribution in [1.29, 1.82) is 0 Å². The fourth-order valence-corrected chi connectivity index (χ4v) is 4.02. The molecule has 3 aromatic rings. The van der Waals surface area contributed by atoms with E-state index in [1.807, 2.05) is 0 Å². The van der Waals surface area contributed by atoms with E-state index in [9.17, 15) is 0 Å². The summed E-state index contributed by atoms with van der Waals surface area (Å²) in [4.78, 5) is 0. The number of hydrogen-bond acceptors (Lipinski definition) is 0. The molecular weight excluding hydrogens is 288 g/mol. The average molecular weight is 310 g/mol. The minimum Gasteiger partial charge on any atom is -0.0830 e. The zero-order valence-corrected chi connectivity index (χ0v) is 13.9. The van der Waals surface area contributed by atoms with Crippen LogP contribution in [0.3, 0.4) is 0 Å². The normalized spacial score (nSPS) is 15.0. The van der Waals surface area contributed by atoms with Crippen LogP contribution in [-0.2, 0) is 18.3 Å². The van der Waals surface area contributed by atoms with Gasteiger partial charge in [0.05, 0.1) is 0 Å². The second-order valence-corrected chi connectivity index (χ2v) is 6.80. The number of fused-ring (bicyclic) bond motifs is 1. The van der Waals surface area contributed by atoms with E-state index >= 15 is 0 Å². The van der Waals surface area contributed by atoms with Gasteiger partial charge in [0.1, 0.15) is 0 Å². The Morgan fingerprint density at radius 1 is 0.625 bits per heavy atom. The van der Waals surface area contributed by atoms with Crippen molar-refractivity contribution in [1.82, 2.24) is 0 Å². The summed E-state index contributed by atoms with van der Waals surface area (Å²) in [5.41, 5.74) is 5.82. The molecule has 4 rings (SSSR count). The van der Waals surface area contributed by atoms with Crippen LogP contribution >= 0.6 is 0 Å². The standard InChI is InChI=1S/C24H22/c1-3-10-20(11-4-1)18-24(19-21-12-5-2-6-13-21)17-9-15-22-14-7-8-16-23(22)24/h1-16H,17-19H2. The summed E-state index contributed by atoms with van der Waals surface area (Å²) in [5, 5.41) is 0. The highest BCUT2D eigenvalue weighted by atomic mass is 14.4. The van der Waals surface area contributed by atoms with E-state index in [4.69, 9.17) is 0 Å². The van der Waals surface area contributed by atoms with E-state index < -0.39 is 0 Å². The molecule has 0 radical (unpaired) electrons. The maximum Gasteiger partial charge on any atom is 0.00741 e. The zero-order valence-electron chi connectivity index (χ0n) is 13.9. The Hall–Kier alpha value is -2.60. The largest absolute Gasteiger partial charge is 0.0830 e. The highest BCUT2D eigenvalue weighted by Gasteiger charge is 2.34. The maximum absolute atomic E-state index is 2.36. The van der Waals surface area contributed by atoms with E-state index in [1.165, 1.54) is 22.3 Å². The van der Waals surface area contributed by atoms with Crippen LogP contribution in [0.15, 0.2) is 91.0 Å². The van der Waals surface area contributed by atoms with Crippen LogP contribution in [-0.4, -0.2) is 0 Å². The monoisotopic (exact) mass is 310 g/mol. The van der Waals surface area contributed by atoms with Crippen LogP contribution in [0.2, 0.25) is 0 Å². The lowest BCUT2D eigenvalue weighted by Crippen LogP contribution is -2.33. The summed E-state index contributed by atoms with van der Waals surface area (Å²) >= 11 is 0. The van der Waals surface area contributed by atoms with Gasteiger partial charge in [-0.25, -0.2) is 0 Å². The molecule has 0 heterocycles. The number of allylic oxidation sites excluding steroid dienone is 1. The molecule has 0 aliphatic heterocycles. The first-order chi connectivity index (χ1) is 11.9. The molecule has 0 saturated carbocycles. The summed E-state index contributed by atoms with van der Waals surface area (Å²) in [7, 11) is 0. The van der Waals surface area contributed by atoms with Gasteiger partial charge in [0.25, 0.3) is 0 Å². The summed E-state index contributed by atoms with van der Waals surface area (Å²) in [6.07, 6.45) is 7.87. The topological polar surface area (TPSA) is 0 Å². The second-order valence-electron chi connectivity index (χ2n) is 6.80. The number of rotatable bonds is 4. The van der Waals surface area contributed by atoms with Gasteiger partial charge in [-0.3, -0.25) is 0 Å². The van der Waals surface area contributed by atoms with E-state index in [0.717, 1.165) is 19.3 Å². The number of benzene rings is 3. The van der Waals surface area contributed by atoms with Crippen molar-refractivity contribution in [2.24, 2.45) is 0 Å². The van der Waals surface area contributed by atoms with Crippen LogP contribution in [0.25, 0.3) is 6.08 Å². The third-order valence-electron chi connectivity index (χ3n) is 5.11. The predicted molar refractivity (Wildman–Crippen MR) is 102 cm³/mol. The zero-order chi connectivity index (χ0) is 16.2. The van der Waals surface area contributed by atoms with Crippen LogP contribution in [0.5, 0.6) is 0 Å². The minimum atomic E-state index is 0.133. The van der Waals surface area contributed by atoms with Gasteiger partial charge in [0.15, 0.2) is 0 Å². The molecule has 1 aliphatic carbocycles. The molecule has 0 aromatic heterocycles. The van der Waals surface area contributed by atoms with Crippen molar-refractivity contribution in [3.63, 3.8) is 0 Å². The number of hydrogen-bond donors (Lipinski definition) is 0. The van der Waals surface area contributed by atoms with Gasteiger partial charge < -0.3 is 0 Å². The van der Waals surface area contributed by atoms with Crippen molar-refractivity contribution in [3.05, 3.63) is 113 Å². The summed E-state index contributed by atoms with van der Waals surface area (Å²) in [5.74, 6) is 0. The summed E-state index contributed by atoms with van der Waals surface area (Å²) in [6.45, 7) is 0. The molecule has 0 nitrogen and oxygen atoms in total. The van der Waals surface area contributed by atoms with Gasteiger partial charge >= 0.3 is 0 Å². The third kappa shape index (κ3) is 2.92. The Morgan fingerprint density at radius 2 is 1.17 bits per heavy atom. The third-order valence-corrected chi connectivity index (χ3v) is 5.11. The molecule has 0 heteroatoms. The highest BCUT2D eigenvalue weighted by Crippen LogP contribution is 2.41. The first-order valence-corrected chi connectivity index (χ1v) is 8.70. The summed E-state index contributed by atoms with van der Waals surface area (Å²) < 4.78 is 0. The SMILES string of the molecule is C1=Cc2ccccc2C(Cc2ccccc2)(Cc2ccccc2)C1. The van der Waals surface area contributed by atoms with Crippen molar-refractivity contribution in [2.45, 2.75) is 24.7 Å². The first kappa shape index (κ1) is 15.0. The molecule has 0 fully saturated rings. The minimum absolute atomic E-state index is 0.133. The molecule has 118 valence electrons. The van der Waals surface area contributed by atoms with Gasteiger partial charge in [0, 0.05) is 5.41 Å². The molecule has 0 spiro atoms. The molecule has 3 aromatic carbocycles. The van der Waals surface area contributed by atoms with Gasteiger partial charge in [-0.15, -0.1) is 0 Å². The Bertz CT molecular complexity index is 787. The van der Waals surface area contributed by atoms with Gasteiger partial charge in [-0.05, 0) is 41.5 Å². The molecule has 0 unspecified atom stereocenters. The Labute approximate surface area is 144 Å². The van der Waals surface area contributed by atoms with E-state index in [-0.39, 0.29) is 5.41 Å². The van der Waals surface area contributed by atoms with Crippen LogP contribution in [0.4, 0.5) is 0 Å². The first-order valence-electron chi connectivity index (χ1n) is 8.70. The molecule has 0 saturated heterocycles. The molecule has 24 heavy (non-hydrogen) atoms. The Balaban J connectivity index is 1.79. The van der Waals surface area contributed by atoms with Crippen molar-refractivity contribution in [2.75, 3.05) is 0 Å². The molecule has 0 amide bonds. The predicted octanol–water partition coefficient (Wildman–Crippen LogP) is 5.83. The molecule has 0 N–H and O–H groups in total. The van der Waals surface area contributed by atoms with Crippen molar-refractivity contribution in [3.8, 4) is 0 Å². The summed E-state index contributed by atoms with van der Waals surface area (Å²) in [6, 6.07) is 30.7. The lowest BCUT2D eigenvalue weighted by Gasteiger charge is -2.37. The van der Waals surface area contributed by atoms with Crippen molar-refractivity contribution >= 4 is 6.08 Å². The molecular formula is C24H22. The van der Waals surface area contributed by atoms with E-state index in [2.05, 4.69) is 97.1 Å². The lowest BCUT2D eigenvalue weighted by atomic mass is 9.66. The Kier molecular flexibility index (Phi) is 4.04. The van der Waals surface area contributed by atoms with E-state index in [1.54, 1.807) is 0 Å². The second kappa shape index (κ2) is 6.49. The maximum atomic E-state index is 2.36. The fourth-order valence-electron chi connectivity index (χ4n) is 4.02. The smallest absolute Gasteiger partial charge is 0.00741 e. The van der Waals surface area contributed by atoms with Crippen LogP contribution < -0.4 is 0 Å². The Morgan fingerprint density at radius 3 is 1.79 bits per heavy atom. The fraction of sp³-hybridized carbons (Fsp3) is 0.167. The lowest BCUT2D eigenvalue weighted by molar-refractivity contribution is 0.420. The molecule has 0 bridgehead atoms. The molecule has 0 atom stereocenters. The highest BCUT2D eigenvalue weighted by molar-refractivity contribution is 5.60. The molecule has 1 aliphatic rings. The van der Waals surface area contributed by atoms with Crippen LogP contribution in [0.1, 0.15) is 28.7 Å². The van der Waals surface area contributed by atoms with Crippen molar-refractivity contribution < 1.29 is 0 Å². The van der Waals surface area contributed by atoms with Gasteiger partial charge in [-0.1, -0.05) is 97.1 Å². The van der Waals surface area contributed by atoms with Crippen LogP contribution in [0, 0.1) is 0 Å². The van der Waals surface area contributed by atoms with E-state index in [0.29, 0.717) is 0 Å². The van der Waals surface area contributed by atoms with Gasteiger partial charge in [0.2, 0.25) is 0 Å². The van der Waals surface area contributed by atoms with Gasteiger partial charge in [-0.2, -0.15) is 0 Å². The quantitative estimate of drug-likeness (QED) is 0.569. The average Bonchev–Trinajstić information content (AvgIpc) is 2.64.